The molecule has 0 aromatic heterocycles. The van der Waals surface area contributed by atoms with Crippen LogP contribution in [0.15, 0.2) is 0 Å². The number of nitriles is 1. The van der Waals surface area contributed by atoms with Crippen molar-refractivity contribution in [1.82, 2.24) is 4.90 Å². The van der Waals surface area contributed by atoms with Crippen molar-refractivity contribution >= 4 is 5.91 Å². The van der Waals surface area contributed by atoms with E-state index in [9.17, 15) is 4.79 Å². The number of hydrogen-bond donors (Lipinski definition) is 0. The van der Waals surface area contributed by atoms with Gasteiger partial charge in [-0.1, -0.05) is 0 Å². The quantitative estimate of drug-likeness (QED) is 0.707. The molecule has 0 aromatic rings. The summed E-state index contributed by atoms with van der Waals surface area (Å²) in [4.78, 5) is 13.9. The first kappa shape index (κ1) is 12.4. The average molecular weight is 236 g/mol. The van der Waals surface area contributed by atoms with Crippen molar-refractivity contribution in [2.24, 2.45) is 0 Å². The van der Waals surface area contributed by atoms with Crippen molar-refractivity contribution in [2.45, 2.75) is 57.1 Å². The summed E-state index contributed by atoms with van der Waals surface area (Å²) >= 11 is 0. The van der Waals surface area contributed by atoms with Gasteiger partial charge in [0.25, 0.3) is 0 Å². The Kier molecular flexibility index (Phi) is 4.38. The Bertz CT molecular complexity index is 301. The number of ether oxygens (including phenoxy) is 1. The normalized spacial score (nSPS) is 23.4. The molecule has 1 amide bonds. The summed E-state index contributed by atoms with van der Waals surface area (Å²) < 4.78 is 5.52. The summed E-state index contributed by atoms with van der Waals surface area (Å²) in [6.07, 6.45) is 6.59. The Hall–Kier alpha value is -1.08. The maximum Gasteiger partial charge on any atom is 0.222 e. The van der Waals surface area contributed by atoms with E-state index in [2.05, 4.69) is 6.07 Å². The Morgan fingerprint density at radius 3 is 2.82 bits per heavy atom. The molecular formula is C13H20N2O2. The van der Waals surface area contributed by atoms with Crippen molar-refractivity contribution in [3.63, 3.8) is 0 Å². The summed E-state index contributed by atoms with van der Waals surface area (Å²) in [5.74, 6) is 0.207. The van der Waals surface area contributed by atoms with Crippen LogP contribution in [0, 0.1) is 11.3 Å². The molecule has 94 valence electrons. The van der Waals surface area contributed by atoms with Gasteiger partial charge in [-0.05, 0) is 32.1 Å². The highest BCUT2D eigenvalue weighted by Crippen LogP contribution is 2.28. The monoisotopic (exact) mass is 236 g/mol. The molecule has 1 aliphatic heterocycles. The number of rotatable bonds is 6. The van der Waals surface area contributed by atoms with Crippen molar-refractivity contribution < 1.29 is 9.53 Å². The average Bonchev–Trinajstić information content (AvgIpc) is 3.03. The summed E-state index contributed by atoms with van der Waals surface area (Å²) in [7, 11) is 0. The minimum Gasteiger partial charge on any atom is -0.378 e. The van der Waals surface area contributed by atoms with Gasteiger partial charge in [0.2, 0.25) is 5.91 Å². The lowest BCUT2D eigenvalue weighted by Crippen LogP contribution is -2.34. The van der Waals surface area contributed by atoms with Crippen LogP contribution in [0.25, 0.3) is 0 Å². The number of amides is 1. The van der Waals surface area contributed by atoms with Crippen LogP contribution in [0.3, 0.4) is 0 Å². The van der Waals surface area contributed by atoms with Gasteiger partial charge in [-0.25, -0.2) is 0 Å². The van der Waals surface area contributed by atoms with E-state index in [0.717, 1.165) is 38.7 Å². The van der Waals surface area contributed by atoms with Crippen LogP contribution in [0.2, 0.25) is 0 Å². The van der Waals surface area contributed by atoms with Crippen LogP contribution in [-0.4, -0.2) is 36.1 Å². The molecule has 17 heavy (non-hydrogen) atoms. The van der Waals surface area contributed by atoms with Crippen molar-refractivity contribution in [1.29, 1.82) is 5.26 Å². The third-order valence-electron chi connectivity index (χ3n) is 3.48. The van der Waals surface area contributed by atoms with Gasteiger partial charge in [-0.3, -0.25) is 4.79 Å². The molecule has 1 saturated carbocycles. The van der Waals surface area contributed by atoms with Crippen LogP contribution in [-0.2, 0) is 9.53 Å². The number of hydrogen-bond acceptors (Lipinski definition) is 3. The molecule has 4 nitrogen and oxygen atoms in total. The van der Waals surface area contributed by atoms with E-state index in [1.807, 2.05) is 4.90 Å². The zero-order chi connectivity index (χ0) is 12.1. The second-order valence-corrected chi connectivity index (χ2v) is 4.90. The lowest BCUT2D eigenvalue weighted by molar-refractivity contribution is -0.132. The maximum absolute atomic E-state index is 12.0. The van der Waals surface area contributed by atoms with Crippen molar-refractivity contribution in [3.8, 4) is 6.07 Å². The first-order valence-electron chi connectivity index (χ1n) is 6.59. The smallest absolute Gasteiger partial charge is 0.222 e. The highest BCUT2D eigenvalue weighted by Gasteiger charge is 2.32. The number of carbonyl (C=O) groups is 1. The van der Waals surface area contributed by atoms with Crippen LogP contribution >= 0.6 is 0 Å². The van der Waals surface area contributed by atoms with Gasteiger partial charge >= 0.3 is 0 Å². The fraction of sp³-hybridized carbons (Fsp3) is 0.846. The summed E-state index contributed by atoms with van der Waals surface area (Å²) in [5, 5.41) is 8.59. The van der Waals surface area contributed by atoms with E-state index in [4.69, 9.17) is 10.00 Å². The van der Waals surface area contributed by atoms with E-state index < -0.39 is 0 Å². The minimum absolute atomic E-state index is 0.207. The van der Waals surface area contributed by atoms with E-state index in [0.29, 0.717) is 25.4 Å². The largest absolute Gasteiger partial charge is 0.378 e. The third kappa shape index (κ3) is 3.71. The van der Waals surface area contributed by atoms with E-state index in [1.165, 1.54) is 0 Å². The third-order valence-corrected chi connectivity index (χ3v) is 3.48. The lowest BCUT2D eigenvalue weighted by Gasteiger charge is -2.21. The van der Waals surface area contributed by atoms with Crippen LogP contribution in [0.1, 0.15) is 44.9 Å². The van der Waals surface area contributed by atoms with Crippen molar-refractivity contribution in [3.05, 3.63) is 0 Å². The topological polar surface area (TPSA) is 53.3 Å². The Labute approximate surface area is 103 Å². The minimum atomic E-state index is 0.207. The molecule has 2 rings (SSSR count). The summed E-state index contributed by atoms with van der Waals surface area (Å²) in [6, 6.07) is 2.53. The molecule has 0 aromatic carbocycles. The molecule has 0 radical (unpaired) electrons. The highest BCUT2D eigenvalue weighted by molar-refractivity contribution is 5.76. The van der Waals surface area contributed by atoms with Gasteiger partial charge in [-0.2, -0.15) is 5.26 Å². The standard InChI is InChI=1S/C13H20N2O2/c14-8-2-9-15(11-4-5-11)13(16)7-6-12-3-1-10-17-12/h11-12H,1-7,9-10H2. The second kappa shape index (κ2) is 6.02. The van der Waals surface area contributed by atoms with E-state index in [1.54, 1.807) is 0 Å². The molecule has 0 spiro atoms. The molecule has 1 heterocycles. The molecule has 4 heteroatoms. The molecule has 2 aliphatic rings. The molecule has 1 aliphatic carbocycles. The fourth-order valence-electron chi connectivity index (χ4n) is 2.37. The van der Waals surface area contributed by atoms with Gasteiger partial charge < -0.3 is 9.64 Å². The molecule has 1 unspecified atom stereocenters. The summed E-state index contributed by atoms with van der Waals surface area (Å²) in [5.41, 5.74) is 0. The lowest BCUT2D eigenvalue weighted by atomic mass is 10.1. The van der Waals surface area contributed by atoms with Gasteiger partial charge in [0, 0.05) is 25.6 Å². The fourth-order valence-corrected chi connectivity index (χ4v) is 2.37. The molecular weight excluding hydrogens is 216 g/mol. The highest BCUT2D eigenvalue weighted by atomic mass is 16.5. The van der Waals surface area contributed by atoms with E-state index >= 15 is 0 Å². The summed E-state index contributed by atoms with van der Waals surface area (Å²) in [6.45, 7) is 1.45. The molecule has 0 bridgehead atoms. The zero-order valence-electron chi connectivity index (χ0n) is 10.2. The SMILES string of the molecule is N#CCCN(C(=O)CCC1CCCO1)C1CC1. The van der Waals surface area contributed by atoms with Crippen LogP contribution in [0.4, 0.5) is 0 Å². The van der Waals surface area contributed by atoms with Gasteiger partial charge in [0.1, 0.15) is 0 Å². The second-order valence-electron chi connectivity index (χ2n) is 4.90. The van der Waals surface area contributed by atoms with Crippen molar-refractivity contribution in [2.75, 3.05) is 13.2 Å². The Morgan fingerprint density at radius 1 is 1.41 bits per heavy atom. The number of nitrogens with zero attached hydrogens (tertiary/aromatic N) is 2. The molecule has 0 N–H and O–H groups in total. The predicted octanol–water partition coefficient (Wildman–Crippen LogP) is 1.85. The number of carbonyl (C=O) groups excluding carboxylic acids is 1. The molecule has 2 fully saturated rings. The zero-order valence-corrected chi connectivity index (χ0v) is 10.2. The van der Waals surface area contributed by atoms with Crippen LogP contribution in [0.5, 0.6) is 0 Å². The van der Waals surface area contributed by atoms with E-state index in [-0.39, 0.29) is 12.0 Å². The Balaban J connectivity index is 1.73. The van der Waals surface area contributed by atoms with Crippen LogP contribution < -0.4 is 0 Å². The van der Waals surface area contributed by atoms with Gasteiger partial charge in [-0.15, -0.1) is 0 Å². The first-order chi connectivity index (χ1) is 8.31. The maximum atomic E-state index is 12.0. The van der Waals surface area contributed by atoms with Gasteiger partial charge in [0.05, 0.1) is 18.6 Å². The Morgan fingerprint density at radius 2 is 2.24 bits per heavy atom. The molecule has 1 atom stereocenters. The van der Waals surface area contributed by atoms with Gasteiger partial charge in [0.15, 0.2) is 0 Å². The molecule has 1 saturated heterocycles. The predicted molar refractivity (Wildman–Crippen MR) is 63.2 cm³/mol. The first-order valence-corrected chi connectivity index (χ1v) is 6.59.